The van der Waals surface area contributed by atoms with E-state index in [0.29, 0.717) is 39.1 Å². The van der Waals surface area contributed by atoms with Gasteiger partial charge in [0.05, 0.1) is 43.7 Å². The van der Waals surface area contributed by atoms with E-state index in [-0.39, 0.29) is 63.7 Å². The highest BCUT2D eigenvalue weighted by molar-refractivity contribution is 6.56. The minimum atomic E-state index is -4.08. The van der Waals surface area contributed by atoms with Gasteiger partial charge in [0.1, 0.15) is 0 Å². The van der Waals surface area contributed by atoms with Gasteiger partial charge >= 0.3 is 17.6 Å². The van der Waals surface area contributed by atoms with Gasteiger partial charge in [0.2, 0.25) is 0 Å². The van der Waals surface area contributed by atoms with Gasteiger partial charge < -0.3 is 79.6 Å². The molecule has 0 bridgehead atoms. The number of ether oxygens (including phenoxy) is 3. The fourth-order valence-electron chi connectivity index (χ4n) is 4.04. The van der Waals surface area contributed by atoms with Crippen LogP contribution in [0.2, 0.25) is 12.1 Å². The number of rotatable bonds is 32. The van der Waals surface area contributed by atoms with Crippen molar-refractivity contribution < 1.29 is 58.3 Å². The lowest BCUT2D eigenvalue weighted by Crippen LogP contribution is -2.45. The van der Waals surface area contributed by atoms with Crippen molar-refractivity contribution in [3.8, 4) is 0 Å². The lowest BCUT2D eigenvalue weighted by molar-refractivity contribution is -0.0601. The van der Waals surface area contributed by atoms with E-state index >= 15 is 0 Å². The average molecular weight is 708 g/mol. The summed E-state index contributed by atoms with van der Waals surface area (Å²) in [5.74, 6) is 0. The Bertz CT molecular complexity index is 705. The lowest BCUT2D eigenvalue weighted by atomic mass is 10.2. The van der Waals surface area contributed by atoms with Gasteiger partial charge in [-0.25, -0.2) is 0 Å². The molecule has 17 nitrogen and oxygen atoms in total. The van der Waals surface area contributed by atoms with Crippen molar-refractivity contribution in [1.82, 2.24) is 26.2 Å². The summed E-state index contributed by atoms with van der Waals surface area (Å²) in [6, 6.07) is -0.205. The molecule has 0 aromatic carbocycles. The second-order valence-corrected chi connectivity index (χ2v) is 16.6. The molecule has 0 saturated carbocycles. The van der Waals surface area contributed by atoms with Gasteiger partial charge in [-0.3, -0.25) is 4.90 Å². The third-order valence-corrected chi connectivity index (χ3v) is 8.34. The predicted molar refractivity (Wildman–Crippen MR) is 177 cm³/mol. The van der Waals surface area contributed by atoms with E-state index in [2.05, 4.69) is 21.3 Å². The Labute approximate surface area is 276 Å². The molecule has 3 atom stereocenters. The Balaban J connectivity index is 4.00. The molecule has 13 N–H and O–H groups in total. The van der Waals surface area contributed by atoms with Crippen LogP contribution >= 0.6 is 0 Å². The van der Waals surface area contributed by atoms with Crippen molar-refractivity contribution >= 4 is 17.6 Å². The van der Waals surface area contributed by atoms with Crippen LogP contribution in [0.5, 0.6) is 0 Å². The molecule has 0 saturated heterocycles. The average Bonchev–Trinajstić information content (AvgIpc) is 2.92. The predicted octanol–water partition coefficient (Wildman–Crippen LogP) is -4.81. The number of nitrogens with one attached hydrogen (secondary N) is 4. The zero-order valence-corrected chi connectivity index (χ0v) is 30.1. The summed E-state index contributed by atoms with van der Waals surface area (Å²) >= 11 is 0. The van der Waals surface area contributed by atoms with E-state index in [0.717, 1.165) is 32.7 Å². The maximum absolute atomic E-state index is 10.5. The first-order valence-electron chi connectivity index (χ1n) is 16.2. The van der Waals surface area contributed by atoms with Crippen LogP contribution in [0.3, 0.4) is 0 Å². The van der Waals surface area contributed by atoms with E-state index in [4.69, 9.17) is 43.0 Å². The molecule has 0 aromatic heterocycles. The van der Waals surface area contributed by atoms with Crippen molar-refractivity contribution in [3.05, 3.63) is 0 Å². The van der Waals surface area contributed by atoms with Crippen molar-refractivity contribution in [2.45, 2.75) is 69.6 Å². The second kappa shape index (κ2) is 26.6. The second-order valence-electron chi connectivity index (χ2n) is 12.5. The van der Waals surface area contributed by atoms with E-state index in [1.54, 1.807) is 0 Å². The number of hydrogen-bond acceptors (Lipinski definition) is 17. The summed E-state index contributed by atoms with van der Waals surface area (Å²) in [7, 11) is -8.10. The SMILES string of the molecule is CC(C)(C)OCC(O)CN(CCNCCNCCNCCNCC(O)COCCC[Si](O)(O)O)CC(O)COCCC[Si](O)(O)O. The van der Waals surface area contributed by atoms with Gasteiger partial charge in [0.15, 0.2) is 0 Å². The maximum Gasteiger partial charge on any atom is 0.492 e. The van der Waals surface area contributed by atoms with Crippen molar-refractivity contribution in [1.29, 1.82) is 0 Å². The highest BCUT2D eigenvalue weighted by Gasteiger charge is 2.26. The standard InChI is InChI=1S/C27H65N5O12Si2/c1-27(2,3)44-23-26(35)20-32(19-25(34)22-43-15-5-17-46(39,40)41)13-12-30-9-8-28-6-7-29-10-11-31-18-24(33)21-42-14-4-16-45(36,37)38/h24-26,28-31,33-41H,4-23H2,1-3H3. The highest BCUT2D eigenvalue weighted by atomic mass is 28.4. The van der Waals surface area contributed by atoms with Crippen LogP contribution in [0, 0.1) is 0 Å². The molecule has 278 valence electrons. The molecule has 0 amide bonds. The first kappa shape index (κ1) is 45.8. The molecule has 0 radical (unpaired) electrons. The number of nitrogens with zero attached hydrogens (tertiary/aromatic N) is 1. The molecule has 0 aromatic rings. The molecular formula is C27H65N5O12Si2. The van der Waals surface area contributed by atoms with Gasteiger partial charge in [0, 0.05) is 97.3 Å². The summed E-state index contributed by atoms with van der Waals surface area (Å²) in [6.07, 6.45) is -1.61. The quantitative estimate of drug-likeness (QED) is 0.0231. The summed E-state index contributed by atoms with van der Waals surface area (Å²) in [4.78, 5) is 55.9. The Morgan fingerprint density at radius 2 is 1.00 bits per heavy atom. The van der Waals surface area contributed by atoms with Crippen LogP contribution in [-0.4, -0.2) is 196 Å². The van der Waals surface area contributed by atoms with E-state index < -0.39 is 35.9 Å². The van der Waals surface area contributed by atoms with Gasteiger partial charge in [0.25, 0.3) is 0 Å². The van der Waals surface area contributed by atoms with Gasteiger partial charge in [-0.2, -0.15) is 0 Å². The van der Waals surface area contributed by atoms with Crippen LogP contribution in [0.25, 0.3) is 0 Å². The topological polar surface area (TPSA) is 261 Å². The summed E-state index contributed by atoms with van der Waals surface area (Å²) < 4.78 is 16.3. The molecule has 46 heavy (non-hydrogen) atoms. The third kappa shape index (κ3) is 35.1. The van der Waals surface area contributed by atoms with Crippen molar-refractivity contribution in [3.63, 3.8) is 0 Å². The van der Waals surface area contributed by atoms with Crippen LogP contribution in [-0.2, 0) is 14.2 Å². The van der Waals surface area contributed by atoms with Crippen LogP contribution < -0.4 is 21.3 Å². The monoisotopic (exact) mass is 707 g/mol. The lowest BCUT2D eigenvalue weighted by Gasteiger charge is -2.29. The molecule has 3 unspecified atom stereocenters. The third-order valence-electron chi connectivity index (χ3n) is 6.29. The fourth-order valence-corrected chi connectivity index (χ4v) is 5.27. The van der Waals surface area contributed by atoms with Crippen molar-refractivity contribution in [2.24, 2.45) is 0 Å². The summed E-state index contributed by atoms with van der Waals surface area (Å²) in [5, 5.41) is 43.9. The van der Waals surface area contributed by atoms with Crippen molar-refractivity contribution in [2.75, 3.05) is 105 Å². The largest absolute Gasteiger partial charge is 0.492 e. The molecule has 0 rings (SSSR count). The Morgan fingerprint density at radius 3 is 1.46 bits per heavy atom. The fraction of sp³-hybridized carbons (Fsp3) is 1.00. The molecule has 0 spiro atoms. The van der Waals surface area contributed by atoms with E-state index in [1.165, 1.54) is 0 Å². The highest BCUT2D eigenvalue weighted by Crippen LogP contribution is 2.08. The Morgan fingerprint density at radius 1 is 0.587 bits per heavy atom. The minimum absolute atomic E-state index is 0.0495. The van der Waals surface area contributed by atoms with E-state index in [1.807, 2.05) is 25.7 Å². The Kier molecular flexibility index (Phi) is 26.5. The molecular weight excluding hydrogens is 642 g/mol. The number of hydrogen-bond donors (Lipinski definition) is 13. The van der Waals surface area contributed by atoms with Crippen LogP contribution in [0.1, 0.15) is 33.6 Å². The van der Waals surface area contributed by atoms with Gasteiger partial charge in [-0.15, -0.1) is 0 Å². The normalized spacial score (nSPS) is 15.1. The zero-order valence-electron chi connectivity index (χ0n) is 28.1. The van der Waals surface area contributed by atoms with Crippen LogP contribution in [0.15, 0.2) is 0 Å². The van der Waals surface area contributed by atoms with E-state index in [9.17, 15) is 15.3 Å². The first-order valence-corrected chi connectivity index (χ1v) is 20.3. The summed E-state index contributed by atoms with van der Waals surface area (Å²) in [5.41, 5.74) is -0.374. The van der Waals surface area contributed by atoms with Gasteiger partial charge in [-0.05, 0) is 33.6 Å². The Hall–Kier alpha value is -0.246. The molecule has 0 aliphatic heterocycles. The summed E-state index contributed by atoms with van der Waals surface area (Å²) in [6.45, 7) is 13.2. The molecule has 0 aliphatic rings. The molecule has 0 fully saturated rings. The molecule has 0 aliphatic carbocycles. The zero-order chi connectivity index (χ0) is 34.9. The maximum atomic E-state index is 10.5. The molecule has 19 heteroatoms. The number of aliphatic hydroxyl groups is 3. The number of aliphatic hydroxyl groups excluding tert-OH is 3. The smallest absolute Gasteiger partial charge is 0.390 e. The van der Waals surface area contributed by atoms with Crippen LogP contribution in [0.4, 0.5) is 0 Å². The minimum Gasteiger partial charge on any atom is -0.390 e. The molecule has 0 heterocycles. The van der Waals surface area contributed by atoms with Gasteiger partial charge in [-0.1, -0.05) is 0 Å². The first-order chi connectivity index (χ1) is 21.5.